The Bertz CT molecular complexity index is 955. The number of phenolic OH excluding ortho intramolecular Hbond substituents is 3. The molecule has 10 heteroatoms. The van der Waals surface area contributed by atoms with Crippen LogP contribution in [0.4, 0.5) is 0 Å². The quantitative estimate of drug-likeness (QED) is 0.298. The van der Waals surface area contributed by atoms with Gasteiger partial charge in [0.1, 0.15) is 6.54 Å². The largest absolute Gasteiger partial charge is 0.504 e. The van der Waals surface area contributed by atoms with Crippen LogP contribution < -0.4 is 5.43 Å². The molecule has 0 spiro atoms. The molecule has 0 saturated heterocycles. The van der Waals surface area contributed by atoms with Crippen molar-refractivity contribution < 1.29 is 20.1 Å². The molecule has 0 fully saturated rings. The van der Waals surface area contributed by atoms with Gasteiger partial charge in [0.2, 0.25) is 11.6 Å². The second-order valence-electron chi connectivity index (χ2n) is 5.17. The average molecular weight is 354 g/mol. The molecule has 1 aromatic heterocycles. The molecule has 0 saturated carbocycles. The lowest BCUT2D eigenvalue weighted by Gasteiger charge is -2.03. The number of benzene rings is 2. The molecular formula is C16H14N6O4. The lowest BCUT2D eigenvalue weighted by atomic mass is 10.2. The third-order valence-electron chi connectivity index (χ3n) is 3.32. The van der Waals surface area contributed by atoms with Gasteiger partial charge in [-0.25, -0.2) is 5.43 Å². The van der Waals surface area contributed by atoms with Gasteiger partial charge in [-0.2, -0.15) is 9.90 Å². The predicted molar refractivity (Wildman–Crippen MR) is 90.4 cm³/mol. The molecule has 0 atom stereocenters. The number of aromatic nitrogens is 4. The Kier molecular flexibility index (Phi) is 4.74. The summed E-state index contributed by atoms with van der Waals surface area (Å²) in [7, 11) is 0. The fourth-order valence-corrected chi connectivity index (χ4v) is 2.04. The molecule has 10 nitrogen and oxygen atoms in total. The van der Waals surface area contributed by atoms with Crippen molar-refractivity contribution in [3.05, 3.63) is 48.0 Å². The van der Waals surface area contributed by atoms with E-state index >= 15 is 0 Å². The summed E-state index contributed by atoms with van der Waals surface area (Å²) < 4.78 is 0. The van der Waals surface area contributed by atoms with Crippen LogP contribution in [0.2, 0.25) is 0 Å². The second-order valence-corrected chi connectivity index (χ2v) is 5.17. The Hall–Kier alpha value is -3.95. The van der Waals surface area contributed by atoms with Crippen LogP contribution in [-0.2, 0) is 11.3 Å². The molecule has 0 aliphatic heterocycles. The monoisotopic (exact) mass is 354 g/mol. The van der Waals surface area contributed by atoms with Crippen molar-refractivity contribution in [2.45, 2.75) is 6.54 Å². The number of tetrazole rings is 1. The van der Waals surface area contributed by atoms with Gasteiger partial charge in [0, 0.05) is 11.1 Å². The summed E-state index contributed by atoms with van der Waals surface area (Å²) in [6.45, 7) is -0.204. The maximum Gasteiger partial charge on any atom is 0.263 e. The van der Waals surface area contributed by atoms with Crippen molar-refractivity contribution >= 4 is 12.1 Å². The summed E-state index contributed by atoms with van der Waals surface area (Å²) in [6, 6.07) is 11.7. The number of nitrogens with one attached hydrogen (secondary N) is 1. The molecule has 26 heavy (non-hydrogen) atoms. The predicted octanol–water partition coefficient (Wildman–Crippen LogP) is 0.607. The minimum absolute atomic E-state index is 0.117. The zero-order valence-corrected chi connectivity index (χ0v) is 13.3. The highest BCUT2D eigenvalue weighted by Gasteiger charge is 2.10. The molecule has 0 aliphatic rings. The maximum atomic E-state index is 11.8. The van der Waals surface area contributed by atoms with E-state index < -0.39 is 23.2 Å². The molecule has 0 aliphatic carbocycles. The SMILES string of the molecule is O=C(Cn1nnc(-c2ccccc2)n1)NN=Cc1ccc(O)c(O)c1O. The van der Waals surface area contributed by atoms with Crippen molar-refractivity contribution in [2.24, 2.45) is 5.10 Å². The Morgan fingerprint density at radius 3 is 2.65 bits per heavy atom. The highest BCUT2D eigenvalue weighted by Crippen LogP contribution is 2.36. The Morgan fingerprint density at radius 2 is 1.88 bits per heavy atom. The number of rotatable bonds is 5. The van der Waals surface area contributed by atoms with Crippen LogP contribution in [0.25, 0.3) is 11.4 Å². The van der Waals surface area contributed by atoms with Crippen LogP contribution in [0.15, 0.2) is 47.6 Å². The van der Waals surface area contributed by atoms with E-state index in [9.17, 15) is 20.1 Å². The van der Waals surface area contributed by atoms with Crippen LogP contribution >= 0.6 is 0 Å². The zero-order chi connectivity index (χ0) is 18.5. The molecular weight excluding hydrogens is 340 g/mol. The first-order chi connectivity index (χ1) is 12.5. The highest BCUT2D eigenvalue weighted by atomic mass is 16.3. The molecule has 0 radical (unpaired) electrons. The van der Waals surface area contributed by atoms with Crippen molar-refractivity contribution in [1.82, 2.24) is 25.6 Å². The van der Waals surface area contributed by atoms with E-state index in [1.807, 2.05) is 30.3 Å². The number of carbonyl (C=O) groups excluding carboxylic acids is 1. The van der Waals surface area contributed by atoms with E-state index in [1.165, 1.54) is 12.1 Å². The summed E-state index contributed by atoms with van der Waals surface area (Å²) in [4.78, 5) is 13.0. The molecule has 4 N–H and O–H groups in total. The topological polar surface area (TPSA) is 146 Å². The number of hydrazone groups is 1. The van der Waals surface area contributed by atoms with Gasteiger partial charge in [0.25, 0.3) is 5.91 Å². The molecule has 0 bridgehead atoms. The summed E-state index contributed by atoms with van der Waals surface area (Å²) in [5.74, 6) is -1.80. The van der Waals surface area contributed by atoms with E-state index in [0.29, 0.717) is 5.82 Å². The fourth-order valence-electron chi connectivity index (χ4n) is 2.04. The first kappa shape index (κ1) is 16.9. The Balaban J connectivity index is 1.60. The number of carbonyl (C=O) groups is 1. The minimum atomic E-state index is -0.666. The van der Waals surface area contributed by atoms with E-state index in [4.69, 9.17) is 0 Å². The van der Waals surface area contributed by atoms with Gasteiger partial charge in [-0.3, -0.25) is 4.79 Å². The number of phenols is 3. The standard InChI is InChI=1S/C16H14N6O4/c23-12-7-6-11(14(25)15(12)26)8-17-18-13(24)9-22-20-16(19-21-22)10-4-2-1-3-5-10/h1-8,23,25-26H,9H2,(H,18,24). The first-order valence-electron chi connectivity index (χ1n) is 7.43. The maximum absolute atomic E-state index is 11.8. The van der Waals surface area contributed by atoms with E-state index in [2.05, 4.69) is 25.9 Å². The summed E-state index contributed by atoms with van der Waals surface area (Å²) in [5, 5.41) is 43.7. The van der Waals surface area contributed by atoms with Crippen molar-refractivity contribution in [3.8, 4) is 28.6 Å². The summed E-state index contributed by atoms with van der Waals surface area (Å²) in [5.41, 5.74) is 3.13. The van der Waals surface area contributed by atoms with Crippen LogP contribution in [0.3, 0.4) is 0 Å². The average Bonchev–Trinajstić information content (AvgIpc) is 3.11. The number of amides is 1. The second kappa shape index (κ2) is 7.30. The molecule has 132 valence electrons. The van der Waals surface area contributed by atoms with Gasteiger partial charge in [0.05, 0.1) is 6.21 Å². The Labute approximate surface area is 147 Å². The van der Waals surface area contributed by atoms with Crippen molar-refractivity contribution in [1.29, 1.82) is 0 Å². The van der Waals surface area contributed by atoms with Gasteiger partial charge in [-0.05, 0) is 17.3 Å². The van der Waals surface area contributed by atoms with Crippen LogP contribution in [-0.4, -0.2) is 47.6 Å². The molecule has 1 amide bonds. The van der Waals surface area contributed by atoms with Crippen molar-refractivity contribution in [2.75, 3.05) is 0 Å². The fraction of sp³-hybridized carbons (Fsp3) is 0.0625. The van der Waals surface area contributed by atoms with Gasteiger partial charge in [-0.15, -0.1) is 10.2 Å². The zero-order valence-electron chi connectivity index (χ0n) is 13.3. The smallest absolute Gasteiger partial charge is 0.263 e. The molecule has 3 aromatic rings. The molecule has 0 unspecified atom stereocenters. The van der Waals surface area contributed by atoms with Crippen LogP contribution in [0.1, 0.15) is 5.56 Å². The third kappa shape index (κ3) is 3.75. The van der Waals surface area contributed by atoms with Crippen LogP contribution in [0, 0.1) is 0 Å². The highest BCUT2D eigenvalue weighted by molar-refractivity contribution is 5.86. The van der Waals surface area contributed by atoms with E-state index in [1.54, 1.807) is 0 Å². The van der Waals surface area contributed by atoms with E-state index in [0.717, 1.165) is 16.6 Å². The third-order valence-corrected chi connectivity index (χ3v) is 3.32. The summed E-state index contributed by atoms with van der Waals surface area (Å²) in [6.07, 6.45) is 1.12. The first-order valence-corrected chi connectivity index (χ1v) is 7.43. The summed E-state index contributed by atoms with van der Waals surface area (Å²) >= 11 is 0. The minimum Gasteiger partial charge on any atom is -0.504 e. The Morgan fingerprint density at radius 1 is 1.12 bits per heavy atom. The molecule has 2 aromatic carbocycles. The van der Waals surface area contributed by atoms with Gasteiger partial charge >= 0.3 is 0 Å². The lowest BCUT2D eigenvalue weighted by Crippen LogP contribution is -2.24. The van der Waals surface area contributed by atoms with Gasteiger partial charge in [-0.1, -0.05) is 30.3 Å². The molecule has 1 heterocycles. The van der Waals surface area contributed by atoms with Crippen LogP contribution in [0.5, 0.6) is 17.2 Å². The number of hydrogen-bond acceptors (Lipinski definition) is 8. The molecule has 3 rings (SSSR count). The van der Waals surface area contributed by atoms with E-state index in [-0.39, 0.29) is 12.1 Å². The number of hydrogen-bond donors (Lipinski definition) is 4. The normalized spacial score (nSPS) is 10.9. The lowest BCUT2D eigenvalue weighted by molar-refractivity contribution is -0.122. The van der Waals surface area contributed by atoms with Crippen molar-refractivity contribution in [3.63, 3.8) is 0 Å². The number of nitrogens with zero attached hydrogens (tertiary/aromatic N) is 5. The van der Waals surface area contributed by atoms with Gasteiger partial charge < -0.3 is 15.3 Å². The number of aromatic hydroxyl groups is 3. The van der Waals surface area contributed by atoms with Gasteiger partial charge in [0.15, 0.2) is 11.5 Å².